The first-order valence-electron chi connectivity index (χ1n) is 7.87. The lowest BCUT2D eigenvalue weighted by molar-refractivity contribution is 0.524. The molecule has 0 aliphatic carbocycles. The Kier molecular flexibility index (Phi) is 5.92. The van der Waals surface area contributed by atoms with Crippen LogP contribution in [0.3, 0.4) is 0 Å². The molecule has 0 spiro atoms. The van der Waals surface area contributed by atoms with Gasteiger partial charge in [0.2, 0.25) is 0 Å². The minimum Gasteiger partial charge on any atom is -0.408 e. The largest absolute Gasteiger partial charge is 0.408 e. The summed E-state index contributed by atoms with van der Waals surface area (Å²) in [4.78, 5) is 8.28. The minimum absolute atomic E-state index is 0.00575. The molecule has 0 aliphatic heterocycles. The molecule has 0 unspecified atom stereocenters. The van der Waals surface area contributed by atoms with Gasteiger partial charge in [0.1, 0.15) is 0 Å². The van der Waals surface area contributed by atoms with Crippen LogP contribution in [0, 0.1) is 12.3 Å². The highest BCUT2D eigenvalue weighted by atomic mass is 32.2. The molecule has 9 heteroatoms. The smallest absolute Gasteiger partial charge is 0.293 e. The second-order valence-corrected chi connectivity index (χ2v) is 8.27. The fraction of sp³-hybridized carbons (Fsp3) is 0.222. The zero-order valence-corrected chi connectivity index (χ0v) is 16.0. The normalized spacial score (nSPS) is 13.2. The van der Waals surface area contributed by atoms with Gasteiger partial charge >= 0.3 is 0 Å². The van der Waals surface area contributed by atoms with Crippen molar-refractivity contribution >= 4 is 28.0 Å². The molecule has 2 rings (SSSR count). The molecule has 1 heterocycles. The Hall–Kier alpha value is -3.25. The first kappa shape index (κ1) is 20.1. The quantitative estimate of drug-likeness (QED) is 0.599. The number of hydrogen-bond acceptors (Lipinski definition) is 8. The summed E-state index contributed by atoms with van der Waals surface area (Å²) in [5.74, 6) is 2.19. The van der Waals surface area contributed by atoms with Crippen LogP contribution in [0.15, 0.2) is 49.4 Å². The number of benzene rings is 1. The van der Waals surface area contributed by atoms with E-state index in [-0.39, 0.29) is 28.2 Å². The van der Waals surface area contributed by atoms with E-state index >= 15 is 0 Å². The van der Waals surface area contributed by atoms with E-state index in [9.17, 15) is 8.42 Å². The Morgan fingerprint density at radius 3 is 2.41 bits per heavy atom. The number of aromatic nitrogens is 2. The third kappa shape index (κ3) is 4.30. The standard InChI is InChI=1S/C18H19N5O3S/c1-6-15-22-23-18(26-15)16(17(19)20-5)21-12(4)13-7-9-14(10-8-13)27(24,25)11(2)3/h1,7-11H,5,19H2,2-4H3/b17-16-,21-12+. The SMILES string of the molecule is C#Cc1nnc(C(/N=C(\C)c2ccc(S(=O)(=O)C(C)C)cc2)=C(\N)N=C)o1. The molecule has 8 nitrogen and oxygen atoms in total. The molecule has 0 fully saturated rings. The summed E-state index contributed by atoms with van der Waals surface area (Å²) in [6, 6.07) is 6.38. The van der Waals surface area contributed by atoms with Crippen molar-refractivity contribution in [2.45, 2.75) is 30.9 Å². The molecule has 0 saturated carbocycles. The number of sulfone groups is 1. The number of nitrogens with zero attached hydrogens (tertiary/aromatic N) is 4. The van der Waals surface area contributed by atoms with Crippen LogP contribution in [-0.4, -0.2) is 36.3 Å². The van der Waals surface area contributed by atoms with Crippen LogP contribution in [0.25, 0.3) is 5.70 Å². The lowest BCUT2D eigenvalue weighted by Gasteiger charge is -2.09. The fourth-order valence-electron chi connectivity index (χ4n) is 2.06. The Bertz CT molecular complexity index is 1060. The van der Waals surface area contributed by atoms with E-state index in [4.69, 9.17) is 16.6 Å². The van der Waals surface area contributed by atoms with Crippen LogP contribution in [-0.2, 0) is 9.84 Å². The van der Waals surface area contributed by atoms with Gasteiger partial charge < -0.3 is 10.2 Å². The van der Waals surface area contributed by atoms with E-state index in [0.717, 1.165) is 0 Å². The highest BCUT2D eigenvalue weighted by molar-refractivity contribution is 7.92. The molecule has 2 N–H and O–H groups in total. The maximum atomic E-state index is 12.2. The third-order valence-corrected chi connectivity index (χ3v) is 5.84. The second kappa shape index (κ2) is 7.97. The summed E-state index contributed by atoms with van der Waals surface area (Å²) in [6.45, 7) is 8.36. The number of aliphatic imine (C=N–C) groups is 2. The molecule has 0 aliphatic rings. The lowest BCUT2D eigenvalue weighted by atomic mass is 10.1. The van der Waals surface area contributed by atoms with Gasteiger partial charge in [0.15, 0.2) is 21.4 Å². The molecule has 0 bridgehead atoms. The van der Waals surface area contributed by atoms with Gasteiger partial charge in [-0.15, -0.1) is 11.5 Å². The summed E-state index contributed by atoms with van der Waals surface area (Å²) in [5, 5.41) is 6.96. The Balaban J connectivity index is 2.44. The Morgan fingerprint density at radius 1 is 1.30 bits per heavy atom. The molecule has 0 radical (unpaired) electrons. The predicted octanol–water partition coefficient (Wildman–Crippen LogP) is 2.03. The third-order valence-electron chi connectivity index (χ3n) is 3.66. The van der Waals surface area contributed by atoms with Crippen LogP contribution in [0.5, 0.6) is 0 Å². The molecule has 0 amide bonds. The molecule has 140 valence electrons. The average Bonchev–Trinajstić information content (AvgIpc) is 3.14. The van der Waals surface area contributed by atoms with Crippen molar-refractivity contribution in [1.29, 1.82) is 0 Å². The maximum Gasteiger partial charge on any atom is 0.293 e. The predicted molar refractivity (Wildman–Crippen MR) is 104 cm³/mol. The topological polar surface area (TPSA) is 124 Å². The zero-order valence-electron chi connectivity index (χ0n) is 15.2. The first-order chi connectivity index (χ1) is 12.7. The summed E-state index contributed by atoms with van der Waals surface area (Å²) < 4.78 is 29.7. The van der Waals surface area contributed by atoms with Gasteiger partial charge in [-0.3, -0.25) is 0 Å². The number of rotatable bonds is 6. The van der Waals surface area contributed by atoms with Gasteiger partial charge in [-0.05, 0) is 51.1 Å². The highest BCUT2D eigenvalue weighted by Crippen LogP contribution is 2.21. The van der Waals surface area contributed by atoms with E-state index in [2.05, 4.69) is 32.8 Å². The van der Waals surface area contributed by atoms with Gasteiger partial charge in [0.05, 0.1) is 10.1 Å². The van der Waals surface area contributed by atoms with Crippen molar-refractivity contribution in [2.24, 2.45) is 15.7 Å². The molecule has 2 aromatic rings. The van der Waals surface area contributed by atoms with E-state index in [0.29, 0.717) is 11.3 Å². The Labute approximate surface area is 157 Å². The number of hydrogen-bond donors (Lipinski definition) is 1. The molecular weight excluding hydrogens is 366 g/mol. The first-order valence-corrected chi connectivity index (χ1v) is 9.42. The summed E-state index contributed by atoms with van der Waals surface area (Å²) in [6.07, 6.45) is 5.22. The monoisotopic (exact) mass is 385 g/mol. The maximum absolute atomic E-state index is 12.2. The van der Waals surface area contributed by atoms with Crippen molar-refractivity contribution < 1.29 is 12.8 Å². The van der Waals surface area contributed by atoms with Crippen LogP contribution in [0.2, 0.25) is 0 Å². The van der Waals surface area contributed by atoms with Crippen molar-refractivity contribution in [3.8, 4) is 12.3 Å². The van der Waals surface area contributed by atoms with E-state index in [1.165, 1.54) is 12.1 Å². The van der Waals surface area contributed by atoms with E-state index in [1.54, 1.807) is 32.9 Å². The second-order valence-electron chi connectivity index (χ2n) is 5.76. The van der Waals surface area contributed by atoms with Crippen molar-refractivity contribution in [2.75, 3.05) is 0 Å². The molecule has 27 heavy (non-hydrogen) atoms. The van der Waals surface area contributed by atoms with Crippen LogP contribution in [0.4, 0.5) is 0 Å². The molecular formula is C18H19N5O3S. The molecule has 0 saturated heterocycles. The van der Waals surface area contributed by atoms with Gasteiger partial charge in [-0.1, -0.05) is 17.2 Å². The zero-order chi connectivity index (χ0) is 20.2. The van der Waals surface area contributed by atoms with Gasteiger partial charge in [-0.2, -0.15) is 0 Å². The summed E-state index contributed by atoms with van der Waals surface area (Å²) in [5.41, 5.74) is 7.16. The van der Waals surface area contributed by atoms with Crippen LogP contribution >= 0.6 is 0 Å². The van der Waals surface area contributed by atoms with Gasteiger partial charge in [0, 0.05) is 5.71 Å². The molecule has 0 atom stereocenters. The van der Waals surface area contributed by atoms with Gasteiger partial charge in [0.25, 0.3) is 11.8 Å². The van der Waals surface area contributed by atoms with Crippen LogP contribution in [0.1, 0.15) is 38.1 Å². The summed E-state index contributed by atoms with van der Waals surface area (Å²) in [7, 11) is -3.35. The fourth-order valence-corrected chi connectivity index (χ4v) is 3.12. The lowest BCUT2D eigenvalue weighted by Crippen LogP contribution is -2.14. The molecule has 1 aromatic carbocycles. The number of terminal acetylenes is 1. The summed E-state index contributed by atoms with van der Waals surface area (Å²) >= 11 is 0. The van der Waals surface area contributed by atoms with Crippen molar-refractivity contribution in [1.82, 2.24) is 10.2 Å². The molecule has 1 aromatic heterocycles. The number of nitrogens with two attached hydrogens (primary N) is 1. The Morgan fingerprint density at radius 2 is 1.93 bits per heavy atom. The van der Waals surface area contributed by atoms with Crippen LogP contribution < -0.4 is 5.73 Å². The van der Waals surface area contributed by atoms with Crippen molar-refractivity contribution in [3.63, 3.8) is 0 Å². The average molecular weight is 385 g/mol. The van der Waals surface area contributed by atoms with Gasteiger partial charge in [-0.25, -0.2) is 18.4 Å². The van der Waals surface area contributed by atoms with E-state index < -0.39 is 15.1 Å². The minimum atomic E-state index is -3.35. The van der Waals surface area contributed by atoms with Crippen molar-refractivity contribution in [3.05, 3.63) is 47.4 Å². The highest BCUT2D eigenvalue weighted by Gasteiger charge is 2.19. The van der Waals surface area contributed by atoms with E-state index in [1.807, 2.05) is 0 Å².